The summed E-state index contributed by atoms with van der Waals surface area (Å²) in [6.45, 7) is 9.18. The van der Waals surface area contributed by atoms with Crippen molar-refractivity contribution >= 4 is 44.1 Å². The summed E-state index contributed by atoms with van der Waals surface area (Å²) in [7, 11) is -3.11. The van der Waals surface area contributed by atoms with Crippen LogP contribution in [0.1, 0.15) is 19.9 Å². The van der Waals surface area contributed by atoms with Crippen LogP contribution in [-0.4, -0.2) is 96.6 Å². The van der Waals surface area contributed by atoms with Gasteiger partial charge < -0.3 is 14.5 Å². The number of hydrogen-bond donors (Lipinski definition) is 0. The standard InChI is InChI=1S/C30H32ClF2N5O5S/c1-4-25(39)36-13-18(3)37(14-17(36)2)29-22-12-23(31)26(21-6-5-19(32)11-24(21)33)28-27(22)38(30(40)34-29)20(16-43-28)15-35-7-9-44(41,42)10-8-35/h4-6,11-12,17-18,20H,1,7-10,13-16H2,2-3H3/t17-,18+,20+/m1/s1. The maximum absolute atomic E-state index is 15.1. The fourth-order valence-electron chi connectivity index (χ4n) is 6.43. The Labute approximate surface area is 258 Å². The van der Waals surface area contributed by atoms with E-state index in [1.165, 1.54) is 16.7 Å². The molecule has 0 saturated carbocycles. The van der Waals surface area contributed by atoms with Gasteiger partial charge in [0.2, 0.25) is 5.91 Å². The molecule has 3 aromatic rings. The molecule has 3 atom stereocenters. The Balaban J connectivity index is 1.52. The van der Waals surface area contributed by atoms with Crippen LogP contribution >= 0.6 is 11.6 Å². The molecule has 44 heavy (non-hydrogen) atoms. The monoisotopic (exact) mass is 647 g/mol. The number of benzene rings is 2. The first kappa shape index (κ1) is 30.5. The molecule has 3 aliphatic rings. The third kappa shape index (κ3) is 5.34. The number of ether oxygens (including phenoxy) is 1. The van der Waals surface area contributed by atoms with Crippen molar-refractivity contribution in [1.82, 2.24) is 19.4 Å². The largest absolute Gasteiger partial charge is 0.488 e. The Morgan fingerprint density at radius 3 is 2.57 bits per heavy atom. The highest BCUT2D eigenvalue weighted by Crippen LogP contribution is 2.47. The van der Waals surface area contributed by atoms with Crippen LogP contribution in [0.25, 0.3) is 22.0 Å². The Morgan fingerprint density at radius 1 is 1.16 bits per heavy atom. The van der Waals surface area contributed by atoms with Gasteiger partial charge in [-0.1, -0.05) is 18.2 Å². The lowest BCUT2D eigenvalue weighted by Crippen LogP contribution is -2.58. The Bertz CT molecular complexity index is 1840. The third-order valence-electron chi connectivity index (χ3n) is 8.70. The van der Waals surface area contributed by atoms with Crippen molar-refractivity contribution in [2.45, 2.75) is 32.0 Å². The zero-order valence-corrected chi connectivity index (χ0v) is 25.9. The molecule has 0 radical (unpaired) electrons. The summed E-state index contributed by atoms with van der Waals surface area (Å²) >= 11 is 6.82. The number of carbonyl (C=O) groups excluding carboxylic acids is 1. The van der Waals surface area contributed by atoms with Crippen molar-refractivity contribution < 1.29 is 26.7 Å². The van der Waals surface area contributed by atoms with Crippen molar-refractivity contribution in [3.63, 3.8) is 0 Å². The second kappa shape index (κ2) is 11.4. The van der Waals surface area contributed by atoms with Gasteiger partial charge in [0.1, 0.15) is 24.1 Å². The predicted molar refractivity (Wildman–Crippen MR) is 164 cm³/mol. The van der Waals surface area contributed by atoms with Crippen LogP contribution in [0, 0.1) is 11.6 Å². The Kier molecular flexibility index (Phi) is 7.91. The van der Waals surface area contributed by atoms with E-state index in [9.17, 15) is 22.4 Å². The van der Waals surface area contributed by atoms with Crippen LogP contribution in [0.3, 0.4) is 0 Å². The maximum atomic E-state index is 15.1. The van der Waals surface area contributed by atoms with Gasteiger partial charge in [-0.25, -0.2) is 22.0 Å². The van der Waals surface area contributed by atoms with E-state index in [-0.39, 0.29) is 58.0 Å². The van der Waals surface area contributed by atoms with Gasteiger partial charge >= 0.3 is 5.69 Å². The maximum Gasteiger partial charge on any atom is 0.350 e. The highest BCUT2D eigenvalue weighted by atomic mass is 35.5. The molecule has 0 aliphatic carbocycles. The van der Waals surface area contributed by atoms with E-state index in [0.717, 1.165) is 12.1 Å². The van der Waals surface area contributed by atoms with Gasteiger partial charge in [0.15, 0.2) is 15.6 Å². The molecule has 1 amide bonds. The lowest BCUT2D eigenvalue weighted by Gasteiger charge is -2.45. The first-order chi connectivity index (χ1) is 20.9. The van der Waals surface area contributed by atoms with Gasteiger partial charge in [-0.2, -0.15) is 4.98 Å². The molecule has 6 rings (SSSR count). The lowest BCUT2D eigenvalue weighted by molar-refractivity contribution is -0.128. The van der Waals surface area contributed by atoms with Crippen LogP contribution in [0.2, 0.25) is 5.02 Å². The van der Waals surface area contributed by atoms with Crippen LogP contribution < -0.4 is 15.3 Å². The van der Waals surface area contributed by atoms with E-state index in [0.29, 0.717) is 49.4 Å². The van der Waals surface area contributed by atoms with Gasteiger partial charge in [0.05, 0.1) is 28.1 Å². The molecule has 4 heterocycles. The summed E-state index contributed by atoms with van der Waals surface area (Å²) < 4.78 is 60.8. The number of halogens is 3. The van der Waals surface area contributed by atoms with Gasteiger partial charge in [0, 0.05) is 67.4 Å². The number of sulfone groups is 1. The number of hydrogen-bond acceptors (Lipinski definition) is 8. The molecule has 0 N–H and O–H groups in total. The average molecular weight is 648 g/mol. The first-order valence-corrected chi connectivity index (χ1v) is 16.6. The number of rotatable bonds is 5. The van der Waals surface area contributed by atoms with E-state index in [4.69, 9.17) is 16.3 Å². The lowest BCUT2D eigenvalue weighted by atomic mass is 9.99. The van der Waals surface area contributed by atoms with Crippen molar-refractivity contribution in [1.29, 1.82) is 0 Å². The minimum absolute atomic E-state index is 0.0175. The van der Waals surface area contributed by atoms with Crippen LogP contribution in [0.5, 0.6) is 5.75 Å². The van der Waals surface area contributed by atoms with E-state index in [1.54, 1.807) is 11.0 Å². The fraction of sp³-hybridized carbons (Fsp3) is 0.433. The number of amides is 1. The van der Waals surface area contributed by atoms with Crippen molar-refractivity contribution in [3.8, 4) is 16.9 Å². The number of aromatic nitrogens is 2. The highest BCUT2D eigenvalue weighted by molar-refractivity contribution is 7.91. The Hall–Kier alpha value is -3.55. The molecule has 2 aromatic carbocycles. The molecule has 0 spiro atoms. The zero-order chi connectivity index (χ0) is 31.5. The molecule has 10 nitrogen and oxygen atoms in total. The van der Waals surface area contributed by atoms with Crippen molar-refractivity contribution in [2.75, 3.05) is 55.7 Å². The van der Waals surface area contributed by atoms with Crippen LogP contribution in [0.4, 0.5) is 14.6 Å². The summed E-state index contributed by atoms with van der Waals surface area (Å²) in [5.74, 6) is -1.19. The molecule has 2 saturated heterocycles. The summed E-state index contributed by atoms with van der Waals surface area (Å²) in [5, 5.41) is 0.636. The van der Waals surface area contributed by atoms with E-state index in [1.807, 2.05) is 23.6 Å². The minimum Gasteiger partial charge on any atom is -0.488 e. The molecule has 0 bridgehead atoms. The van der Waals surface area contributed by atoms with E-state index in [2.05, 4.69) is 11.6 Å². The summed E-state index contributed by atoms with van der Waals surface area (Å²) in [6.07, 6.45) is 1.27. The first-order valence-electron chi connectivity index (χ1n) is 14.4. The number of piperazine rings is 1. The van der Waals surface area contributed by atoms with Gasteiger partial charge in [-0.3, -0.25) is 14.3 Å². The molecule has 2 fully saturated rings. The van der Waals surface area contributed by atoms with Crippen molar-refractivity contribution in [3.05, 3.63) is 64.1 Å². The van der Waals surface area contributed by atoms with Gasteiger partial charge in [-0.15, -0.1) is 0 Å². The van der Waals surface area contributed by atoms with Crippen LogP contribution in [0.15, 0.2) is 41.7 Å². The van der Waals surface area contributed by atoms with E-state index < -0.39 is 33.2 Å². The average Bonchev–Trinajstić information content (AvgIpc) is 2.97. The van der Waals surface area contributed by atoms with E-state index >= 15 is 4.39 Å². The second-order valence-electron chi connectivity index (χ2n) is 11.6. The van der Waals surface area contributed by atoms with Crippen molar-refractivity contribution in [2.24, 2.45) is 0 Å². The predicted octanol–water partition coefficient (Wildman–Crippen LogP) is 3.27. The number of carbonyl (C=O) groups is 1. The smallest absolute Gasteiger partial charge is 0.350 e. The fourth-order valence-corrected chi connectivity index (χ4v) is 8.01. The van der Waals surface area contributed by atoms with Gasteiger partial charge in [0.25, 0.3) is 0 Å². The third-order valence-corrected chi connectivity index (χ3v) is 10.6. The number of nitrogens with zero attached hydrogens (tertiary/aromatic N) is 5. The summed E-state index contributed by atoms with van der Waals surface area (Å²) in [4.78, 5) is 36.6. The zero-order valence-electron chi connectivity index (χ0n) is 24.3. The molecule has 1 aromatic heterocycles. The summed E-state index contributed by atoms with van der Waals surface area (Å²) in [5.41, 5.74) is 0.0219. The molecule has 0 unspecified atom stereocenters. The summed E-state index contributed by atoms with van der Waals surface area (Å²) in [6, 6.07) is 3.82. The topological polar surface area (TPSA) is 105 Å². The van der Waals surface area contributed by atoms with Gasteiger partial charge in [-0.05, 0) is 38.1 Å². The minimum atomic E-state index is -3.11. The second-order valence-corrected chi connectivity index (χ2v) is 14.3. The molecule has 234 valence electrons. The molecular weight excluding hydrogens is 616 g/mol. The number of anilines is 1. The molecular formula is C30H32ClF2N5O5S. The normalized spacial score (nSPS) is 23.4. The van der Waals surface area contributed by atoms with Crippen LogP contribution in [-0.2, 0) is 14.6 Å². The Morgan fingerprint density at radius 2 is 1.89 bits per heavy atom. The molecule has 14 heteroatoms. The molecule has 3 aliphatic heterocycles. The SMILES string of the molecule is C=CC(=O)N1C[C@H](C)N(c2nc(=O)n3c4c(c(-c5ccc(F)cc5F)c(Cl)cc24)OC[C@@H]3CN2CCS(=O)(=O)CC2)C[C@H]1C. The highest BCUT2D eigenvalue weighted by Gasteiger charge is 2.37. The quantitative estimate of drug-likeness (QED) is 0.389.